The highest BCUT2D eigenvalue weighted by molar-refractivity contribution is 5.94. The summed E-state index contributed by atoms with van der Waals surface area (Å²) in [5.41, 5.74) is 3.04. The fourth-order valence-electron chi connectivity index (χ4n) is 2.77. The predicted octanol–water partition coefficient (Wildman–Crippen LogP) is 2.83. The summed E-state index contributed by atoms with van der Waals surface area (Å²) >= 11 is 0. The molecular weight excluding hydrogens is 290 g/mol. The van der Waals surface area contributed by atoms with Crippen LogP contribution in [0, 0.1) is 0 Å². The molecule has 0 saturated carbocycles. The van der Waals surface area contributed by atoms with E-state index in [1.165, 1.54) is 0 Å². The van der Waals surface area contributed by atoms with Crippen LogP contribution in [0.1, 0.15) is 0 Å². The Morgan fingerprint density at radius 3 is 2.57 bits per heavy atom. The molecule has 114 valence electrons. The van der Waals surface area contributed by atoms with E-state index in [0.29, 0.717) is 5.82 Å². The van der Waals surface area contributed by atoms with Gasteiger partial charge in [-0.05, 0) is 40.8 Å². The van der Waals surface area contributed by atoms with E-state index in [2.05, 4.69) is 38.4 Å². The van der Waals surface area contributed by atoms with E-state index in [0.717, 1.165) is 27.9 Å². The maximum Gasteiger partial charge on any atom is 0.189 e. The van der Waals surface area contributed by atoms with Crippen molar-refractivity contribution in [2.75, 3.05) is 7.11 Å². The molecule has 0 N–H and O–H groups in total. The van der Waals surface area contributed by atoms with Gasteiger partial charge in [0.1, 0.15) is 5.75 Å². The van der Waals surface area contributed by atoms with Gasteiger partial charge in [0.25, 0.3) is 0 Å². The zero-order valence-electron chi connectivity index (χ0n) is 12.8. The van der Waals surface area contributed by atoms with Crippen LogP contribution in [0.15, 0.2) is 54.7 Å². The van der Waals surface area contributed by atoms with Crippen molar-refractivity contribution >= 4 is 10.9 Å². The van der Waals surface area contributed by atoms with E-state index in [1.54, 1.807) is 11.8 Å². The van der Waals surface area contributed by atoms with Crippen molar-refractivity contribution in [1.82, 2.24) is 24.8 Å². The fourth-order valence-corrected chi connectivity index (χ4v) is 2.77. The number of rotatable bonds is 3. The lowest BCUT2D eigenvalue weighted by Gasteiger charge is -2.05. The molecule has 0 unspecified atom stereocenters. The standard InChI is InChI=1S/C17H15N5O/c1-21-11-15(14-5-3-4-6-16(14)21)17-18-19-20-22(17)12-7-9-13(23-2)10-8-12/h3-11H,1-2H3. The van der Waals surface area contributed by atoms with Crippen molar-refractivity contribution in [3.8, 4) is 22.8 Å². The van der Waals surface area contributed by atoms with Crippen LogP contribution in [0.2, 0.25) is 0 Å². The van der Waals surface area contributed by atoms with Gasteiger partial charge in [-0.3, -0.25) is 0 Å². The maximum absolute atomic E-state index is 5.20. The van der Waals surface area contributed by atoms with Crippen molar-refractivity contribution in [3.63, 3.8) is 0 Å². The van der Waals surface area contributed by atoms with Gasteiger partial charge >= 0.3 is 0 Å². The van der Waals surface area contributed by atoms with Crippen LogP contribution in [0.5, 0.6) is 5.75 Å². The Labute approximate surface area is 132 Å². The first-order chi connectivity index (χ1) is 11.3. The molecule has 0 amide bonds. The second kappa shape index (κ2) is 5.24. The molecule has 4 rings (SSSR count). The summed E-state index contributed by atoms with van der Waals surface area (Å²) in [7, 11) is 3.67. The van der Waals surface area contributed by atoms with Crippen LogP contribution in [0.25, 0.3) is 28.0 Å². The van der Waals surface area contributed by atoms with Crippen LogP contribution >= 0.6 is 0 Å². The summed E-state index contributed by atoms with van der Waals surface area (Å²) in [6, 6.07) is 15.9. The van der Waals surface area contributed by atoms with Gasteiger partial charge in [0.05, 0.1) is 12.8 Å². The monoisotopic (exact) mass is 305 g/mol. The zero-order chi connectivity index (χ0) is 15.8. The molecule has 2 heterocycles. The van der Waals surface area contributed by atoms with Crippen molar-refractivity contribution in [2.24, 2.45) is 7.05 Å². The smallest absolute Gasteiger partial charge is 0.189 e. The normalized spacial score (nSPS) is 11.0. The van der Waals surface area contributed by atoms with E-state index < -0.39 is 0 Å². The molecule has 0 spiro atoms. The zero-order valence-corrected chi connectivity index (χ0v) is 12.8. The van der Waals surface area contributed by atoms with Gasteiger partial charge in [0, 0.05) is 29.7 Å². The van der Waals surface area contributed by atoms with E-state index in [9.17, 15) is 0 Å². The molecule has 23 heavy (non-hydrogen) atoms. The van der Waals surface area contributed by atoms with Crippen molar-refractivity contribution in [1.29, 1.82) is 0 Å². The predicted molar refractivity (Wildman–Crippen MR) is 87.6 cm³/mol. The molecule has 0 saturated heterocycles. The minimum Gasteiger partial charge on any atom is -0.497 e. The average Bonchev–Trinajstić information content (AvgIpc) is 3.20. The largest absolute Gasteiger partial charge is 0.497 e. The third-order valence-electron chi connectivity index (χ3n) is 3.92. The van der Waals surface area contributed by atoms with Crippen molar-refractivity contribution in [3.05, 3.63) is 54.7 Å². The molecule has 0 aliphatic heterocycles. The van der Waals surface area contributed by atoms with Gasteiger partial charge in [-0.25, -0.2) is 0 Å². The Balaban J connectivity index is 1.88. The first-order valence-corrected chi connectivity index (χ1v) is 7.25. The molecular formula is C17H15N5O. The van der Waals surface area contributed by atoms with Gasteiger partial charge in [-0.2, -0.15) is 4.68 Å². The number of methoxy groups -OCH3 is 1. The molecule has 0 atom stereocenters. The molecule has 0 bridgehead atoms. The molecule has 0 radical (unpaired) electrons. The van der Waals surface area contributed by atoms with Crippen molar-refractivity contribution < 1.29 is 4.74 Å². The molecule has 2 aromatic carbocycles. The number of hydrogen-bond donors (Lipinski definition) is 0. The number of nitrogens with zero attached hydrogens (tertiary/aromatic N) is 5. The lowest BCUT2D eigenvalue weighted by Crippen LogP contribution is -1.99. The van der Waals surface area contributed by atoms with Crippen molar-refractivity contribution in [2.45, 2.75) is 0 Å². The Morgan fingerprint density at radius 1 is 1.00 bits per heavy atom. The summed E-state index contributed by atoms with van der Waals surface area (Å²) in [5, 5.41) is 13.3. The number of para-hydroxylation sites is 1. The van der Waals surface area contributed by atoms with Crippen LogP contribution < -0.4 is 4.74 Å². The minimum atomic E-state index is 0.715. The molecule has 4 aromatic rings. The summed E-state index contributed by atoms with van der Waals surface area (Å²) in [6.45, 7) is 0. The molecule has 0 aliphatic rings. The van der Waals surface area contributed by atoms with Crippen LogP contribution in [0.3, 0.4) is 0 Å². The highest BCUT2D eigenvalue weighted by atomic mass is 16.5. The molecule has 2 aromatic heterocycles. The SMILES string of the molecule is COc1ccc(-n2nnnc2-c2cn(C)c3ccccc23)cc1. The second-order valence-corrected chi connectivity index (χ2v) is 5.28. The minimum absolute atomic E-state index is 0.715. The lowest BCUT2D eigenvalue weighted by molar-refractivity contribution is 0.414. The van der Waals surface area contributed by atoms with Gasteiger partial charge < -0.3 is 9.30 Å². The number of hydrogen-bond acceptors (Lipinski definition) is 4. The molecule has 6 nitrogen and oxygen atoms in total. The van der Waals surface area contributed by atoms with E-state index in [-0.39, 0.29) is 0 Å². The Kier molecular flexibility index (Phi) is 3.08. The molecule has 0 fully saturated rings. The van der Waals surface area contributed by atoms with E-state index in [4.69, 9.17) is 4.74 Å². The Hall–Kier alpha value is -3.15. The number of fused-ring (bicyclic) bond motifs is 1. The van der Waals surface area contributed by atoms with E-state index >= 15 is 0 Å². The highest BCUT2D eigenvalue weighted by Gasteiger charge is 2.16. The second-order valence-electron chi connectivity index (χ2n) is 5.28. The Morgan fingerprint density at radius 2 is 1.78 bits per heavy atom. The third-order valence-corrected chi connectivity index (χ3v) is 3.92. The number of tetrazole rings is 1. The van der Waals surface area contributed by atoms with E-state index in [1.807, 2.05) is 43.4 Å². The van der Waals surface area contributed by atoms with Gasteiger partial charge in [0.2, 0.25) is 0 Å². The van der Waals surface area contributed by atoms with Crippen LogP contribution in [0.4, 0.5) is 0 Å². The first kappa shape index (κ1) is 13.5. The van der Waals surface area contributed by atoms with Gasteiger partial charge in [-0.1, -0.05) is 18.2 Å². The summed E-state index contributed by atoms with van der Waals surface area (Å²) < 4.78 is 9.02. The lowest BCUT2D eigenvalue weighted by atomic mass is 10.1. The average molecular weight is 305 g/mol. The number of aryl methyl sites for hydroxylation is 1. The number of aromatic nitrogens is 5. The van der Waals surface area contributed by atoms with Crippen LogP contribution in [-0.4, -0.2) is 31.9 Å². The summed E-state index contributed by atoms with van der Waals surface area (Å²) in [6.07, 6.45) is 2.05. The fraction of sp³-hybridized carbons (Fsp3) is 0.118. The topological polar surface area (TPSA) is 57.8 Å². The molecule has 0 aliphatic carbocycles. The first-order valence-electron chi connectivity index (χ1n) is 7.25. The maximum atomic E-state index is 5.20. The summed E-state index contributed by atoms with van der Waals surface area (Å²) in [5.74, 6) is 1.51. The Bertz CT molecular complexity index is 968. The highest BCUT2D eigenvalue weighted by Crippen LogP contribution is 2.29. The summed E-state index contributed by atoms with van der Waals surface area (Å²) in [4.78, 5) is 0. The number of benzene rings is 2. The van der Waals surface area contributed by atoms with Crippen LogP contribution in [-0.2, 0) is 7.05 Å². The van der Waals surface area contributed by atoms with Gasteiger partial charge in [-0.15, -0.1) is 5.10 Å². The third kappa shape index (κ3) is 2.15. The molecule has 6 heteroatoms. The number of ether oxygens (including phenoxy) is 1. The van der Waals surface area contributed by atoms with Gasteiger partial charge in [0.15, 0.2) is 5.82 Å². The quantitative estimate of drug-likeness (QED) is 0.584.